The number of hydrogen-bond acceptors (Lipinski definition) is 4. The van der Waals surface area contributed by atoms with E-state index in [0.29, 0.717) is 29.4 Å². The summed E-state index contributed by atoms with van der Waals surface area (Å²) >= 11 is 0. The van der Waals surface area contributed by atoms with Crippen molar-refractivity contribution in [1.82, 2.24) is 5.32 Å². The van der Waals surface area contributed by atoms with E-state index < -0.39 is 0 Å². The van der Waals surface area contributed by atoms with E-state index in [9.17, 15) is 4.79 Å². The Labute approximate surface area is 136 Å². The topological polar surface area (TPSA) is 56.8 Å². The third-order valence-corrected chi connectivity index (χ3v) is 3.49. The maximum absolute atomic E-state index is 12.4. The molecular weight excluding hydrogens is 294 g/mol. The van der Waals surface area contributed by atoms with E-state index in [0.717, 1.165) is 6.42 Å². The number of amides is 1. The molecule has 2 aromatic rings. The Hall–Kier alpha value is -2.69. The zero-order valence-corrected chi connectivity index (χ0v) is 13.6. The molecule has 5 nitrogen and oxygen atoms in total. The van der Waals surface area contributed by atoms with Crippen LogP contribution in [0.2, 0.25) is 0 Å². The Balaban J connectivity index is 2.08. The lowest BCUT2D eigenvalue weighted by atomic mass is 10.1. The Morgan fingerprint density at radius 1 is 0.913 bits per heavy atom. The summed E-state index contributed by atoms with van der Waals surface area (Å²) in [6.45, 7) is 0.542. The Morgan fingerprint density at radius 3 is 2.13 bits per heavy atom. The molecule has 2 rings (SSSR count). The molecule has 2 aromatic carbocycles. The van der Waals surface area contributed by atoms with Gasteiger partial charge in [-0.1, -0.05) is 30.3 Å². The summed E-state index contributed by atoms with van der Waals surface area (Å²) in [6.07, 6.45) is 0.766. The van der Waals surface area contributed by atoms with E-state index in [1.54, 1.807) is 12.1 Å². The van der Waals surface area contributed by atoms with Gasteiger partial charge in [-0.2, -0.15) is 0 Å². The highest BCUT2D eigenvalue weighted by molar-refractivity contribution is 5.97. The van der Waals surface area contributed by atoms with Crippen LogP contribution in [0.15, 0.2) is 42.5 Å². The first-order valence-electron chi connectivity index (χ1n) is 7.31. The highest BCUT2D eigenvalue weighted by Gasteiger charge is 2.17. The highest BCUT2D eigenvalue weighted by Crippen LogP contribution is 2.34. The summed E-state index contributed by atoms with van der Waals surface area (Å²) in [6, 6.07) is 13.3. The van der Waals surface area contributed by atoms with Crippen molar-refractivity contribution in [3.63, 3.8) is 0 Å². The third-order valence-electron chi connectivity index (χ3n) is 3.49. The minimum absolute atomic E-state index is 0.210. The SMILES string of the molecule is COc1cc(OC)c(C(=O)NCCc2ccccc2)cc1OC. The van der Waals surface area contributed by atoms with Crippen molar-refractivity contribution in [2.24, 2.45) is 0 Å². The molecule has 5 heteroatoms. The molecule has 0 bridgehead atoms. The monoisotopic (exact) mass is 315 g/mol. The molecule has 0 unspecified atom stereocenters. The second kappa shape index (κ2) is 8.08. The zero-order chi connectivity index (χ0) is 16.7. The predicted octanol–water partition coefficient (Wildman–Crippen LogP) is 2.68. The smallest absolute Gasteiger partial charge is 0.255 e. The van der Waals surface area contributed by atoms with Gasteiger partial charge in [0.2, 0.25) is 0 Å². The summed E-state index contributed by atoms with van der Waals surface area (Å²) in [5.74, 6) is 1.24. The minimum Gasteiger partial charge on any atom is -0.496 e. The van der Waals surface area contributed by atoms with Gasteiger partial charge in [0.1, 0.15) is 5.75 Å². The zero-order valence-electron chi connectivity index (χ0n) is 13.6. The second-order valence-corrected chi connectivity index (χ2v) is 4.90. The van der Waals surface area contributed by atoms with Gasteiger partial charge in [-0.15, -0.1) is 0 Å². The largest absolute Gasteiger partial charge is 0.496 e. The van der Waals surface area contributed by atoms with Gasteiger partial charge in [-0.05, 0) is 12.0 Å². The number of rotatable bonds is 7. The van der Waals surface area contributed by atoms with E-state index in [1.807, 2.05) is 30.3 Å². The van der Waals surface area contributed by atoms with E-state index in [1.165, 1.54) is 26.9 Å². The van der Waals surface area contributed by atoms with Crippen LogP contribution in [0.5, 0.6) is 17.2 Å². The van der Waals surface area contributed by atoms with Gasteiger partial charge in [-0.3, -0.25) is 4.79 Å². The summed E-state index contributed by atoms with van der Waals surface area (Å²) in [5, 5.41) is 2.90. The highest BCUT2D eigenvalue weighted by atomic mass is 16.5. The Bertz CT molecular complexity index is 656. The molecule has 0 aromatic heterocycles. The average Bonchev–Trinajstić information content (AvgIpc) is 2.61. The average molecular weight is 315 g/mol. The summed E-state index contributed by atoms with van der Waals surface area (Å²) in [5.41, 5.74) is 1.59. The molecule has 1 N–H and O–H groups in total. The van der Waals surface area contributed by atoms with Gasteiger partial charge >= 0.3 is 0 Å². The van der Waals surface area contributed by atoms with Gasteiger partial charge in [0, 0.05) is 18.7 Å². The van der Waals surface area contributed by atoms with Crippen LogP contribution >= 0.6 is 0 Å². The van der Waals surface area contributed by atoms with Crippen molar-refractivity contribution in [3.8, 4) is 17.2 Å². The number of nitrogens with one attached hydrogen (secondary N) is 1. The number of hydrogen-bond donors (Lipinski definition) is 1. The van der Waals surface area contributed by atoms with Crippen LogP contribution in [0.4, 0.5) is 0 Å². The first kappa shape index (κ1) is 16.7. The fraction of sp³-hybridized carbons (Fsp3) is 0.278. The van der Waals surface area contributed by atoms with Gasteiger partial charge in [0.15, 0.2) is 11.5 Å². The summed E-state index contributed by atoms with van der Waals surface area (Å²) in [4.78, 5) is 12.4. The molecule has 0 spiro atoms. The number of carbonyl (C=O) groups is 1. The fourth-order valence-electron chi connectivity index (χ4n) is 2.27. The summed E-state index contributed by atoms with van der Waals surface area (Å²) < 4.78 is 15.7. The molecule has 0 fully saturated rings. The van der Waals surface area contributed by atoms with Gasteiger partial charge in [0.05, 0.1) is 26.9 Å². The molecule has 0 radical (unpaired) electrons. The van der Waals surface area contributed by atoms with Crippen molar-refractivity contribution < 1.29 is 19.0 Å². The third kappa shape index (κ3) is 4.16. The lowest BCUT2D eigenvalue weighted by Crippen LogP contribution is -2.26. The quantitative estimate of drug-likeness (QED) is 0.853. The van der Waals surface area contributed by atoms with E-state index in [2.05, 4.69) is 5.32 Å². The van der Waals surface area contributed by atoms with Crippen molar-refractivity contribution in [2.45, 2.75) is 6.42 Å². The van der Waals surface area contributed by atoms with Crippen LogP contribution in [0.1, 0.15) is 15.9 Å². The molecule has 0 atom stereocenters. The maximum Gasteiger partial charge on any atom is 0.255 e. The molecule has 0 heterocycles. The molecule has 0 saturated carbocycles. The molecule has 0 aliphatic carbocycles. The van der Waals surface area contributed by atoms with Gasteiger partial charge in [0.25, 0.3) is 5.91 Å². The van der Waals surface area contributed by atoms with Crippen LogP contribution < -0.4 is 19.5 Å². The van der Waals surface area contributed by atoms with Crippen LogP contribution in [0.25, 0.3) is 0 Å². The molecular formula is C18H21NO4. The number of carbonyl (C=O) groups excluding carboxylic acids is 1. The minimum atomic E-state index is -0.210. The van der Waals surface area contributed by atoms with Crippen LogP contribution in [0.3, 0.4) is 0 Å². The second-order valence-electron chi connectivity index (χ2n) is 4.90. The number of benzene rings is 2. The Kier molecular flexibility index (Phi) is 5.86. The molecule has 122 valence electrons. The number of ether oxygens (including phenoxy) is 3. The first-order chi connectivity index (χ1) is 11.2. The van der Waals surface area contributed by atoms with Crippen LogP contribution in [0, 0.1) is 0 Å². The normalized spacial score (nSPS) is 10.0. The molecule has 1 amide bonds. The summed E-state index contributed by atoms with van der Waals surface area (Å²) in [7, 11) is 4.58. The Morgan fingerprint density at radius 2 is 1.52 bits per heavy atom. The molecule has 23 heavy (non-hydrogen) atoms. The molecule has 0 saturated heterocycles. The van der Waals surface area contributed by atoms with Crippen molar-refractivity contribution in [3.05, 3.63) is 53.6 Å². The van der Waals surface area contributed by atoms with E-state index in [4.69, 9.17) is 14.2 Å². The standard InChI is InChI=1S/C18H21NO4/c1-21-15-12-17(23-3)16(22-2)11-14(15)18(20)19-10-9-13-7-5-4-6-8-13/h4-8,11-12H,9-10H2,1-3H3,(H,19,20). The van der Waals surface area contributed by atoms with E-state index in [-0.39, 0.29) is 5.91 Å². The molecule has 0 aliphatic heterocycles. The van der Waals surface area contributed by atoms with Crippen LogP contribution in [-0.2, 0) is 6.42 Å². The van der Waals surface area contributed by atoms with Gasteiger partial charge in [-0.25, -0.2) is 0 Å². The van der Waals surface area contributed by atoms with Gasteiger partial charge < -0.3 is 19.5 Å². The molecule has 0 aliphatic rings. The lowest BCUT2D eigenvalue weighted by Gasteiger charge is -2.14. The maximum atomic E-state index is 12.4. The fourth-order valence-corrected chi connectivity index (χ4v) is 2.27. The number of methoxy groups -OCH3 is 3. The van der Waals surface area contributed by atoms with Crippen molar-refractivity contribution in [1.29, 1.82) is 0 Å². The first-order valence-corrected chi connectivity index (χ1v) is 7.31. The lowest BCUT2D eigenvalue weighted by molar-refractivity contribution is 0.0950. The van der Waals surface area contributed by atoms with Crippen molar-refractivity contribution >= 4 is 5.91 Å². The van der Waals surface area contributed by atoms with Crippen LogP contribution in [-0.4, -0.2) is 33.8 Å². The van der Waals surface area contributed by atoms with Crippen molar-refractivity contribution in [2.75, 3.05) is 27.9 Å². The van der Waals surface area contributed by atoms with E-state index >= 15 is 0 Å². The predicted molar refractivity (Wildman–Crippen MR) is 88.6 cm³/mol.